The zero-order chi connectivity index (χ0) is 14.5. The minimum Gasteiger partial charge on any atom is -0.367 e. The molecule has 1 aliphatic rings. The van der Waals surface area contributed by atoms with E-state index in [0.29, 0.717) is 13.1 Å². The van der Waals surface area contributed by atoms with Gasteiger partial charge in [-0.25, -0.2) is 4.98 Å². The maximum atomic E-state index is 12.1. The Labute approximate surface area is 127 Å². The summed E-state index contributed by atoms with van der Waals surface area (Å²) in [5.74, 6) is 0.744. The summed E-state index contributed by atoms with van der Waals surface area (Å²) in [5.41, 5.74) is 1.37. The molecule has 0 aliphatic heterocycles. The van der Waals surface area contributed by atoms with Crippen LogP contribution in [0.15, 0.2) is 24.7 Å². The average Bonchev–Trinajstić information content (AvgIpc) is 2.96. The van der Waals surface area contributed by atoms with Crippen molar-refractivity contribution in [1.29, 1.82) is 0 Å². The van der Waals surface area contributed by atoms with E-state index in [1.54, 1.807) is 29.9 Å². The fourth-order valence-electron chi connectivity index (χ4n) is 2.45. The predicted octanol–water partition coefficient (Wildman–Crippen LogP) is 2.26. The third-order valence-corrected chi connectivity index (χ3v) is 4.74. The fourth-order valence-corrected chi connectivity index (χ4v) is 3.62. The molecule has 110 valence electrons. The number of carbonyl (C=O) groups is 1. The number of nitrogens with zero attached hydrogens (tertiary/aromatic N) is 2. The number of carbonyl (C=O) groups excluding carboxylic acids is 1. The van der Waals surface area contributed by atoms with Crippen LogP contribution in [0.3, 0.4) is 0 Å². The topological polar surface area (TPSA) is 66.9 Å². The first-order valence-electron chi connectivity index (χ1n) is 7.22. The normalized spacial score (nSPS) is 13.5. The van der Waals surface area contributed by atoms with Crippen LogP contribution in [0.1, 0.15) is 33.0 Å². The summed E-state index contributed by atoms with van der Waals surface area (Å²) in [6.45, 7) is 1.20. The Balaban J connectivity index is 1.47. The minimum absolute atomic E-state index is 0.0235. The summed E-state index contributed by atoms with van der Waals surface area (Å²) < 4.78 is 0. The van der Waals surface area contributed by atoms with Crippen molar-refractivity contribution in [2.75, 3.05) is 18.4 Å². The van der Waals surface area contributed by atoms with Gasteiger partial charge in [-0.05, 0) is 37.3 Å². The first-order chi connectivity index (χ1) is 10.3. The molecule has 1 amide bonds. The second kappa shape index (κ2) is 6.67. The lowest BCUT2D eigenvalue weighted by atomic mass is 9.99. The standard InChI is InChI=1S/C15H18N4OS/c20-15(13-9-11-3-1-2-4-12(11)21-13)19-8-7-18-14-10-16-5-6-17-14/h5-6,9-10H,1-4,7-8H2,(H,17,18)(H,19,20). The molecule has 0 saturated carbocycles. The van der Waals surface area contributed by atoms with Gasteiger partial charge in [-0.15, -0.1) is 11.3 Å². The van der Waals surface area contributed by atoms with Crippen LogP contribution in [0.2, 0.25) is 0 Å². The van der Waals surface area contributed by atoms with E-state index in [-0.39, 0.29) is 5.91 Å². The van der Waals surface area contributed by atoms with E-state index in [4.69, 9.17) is 0 Å². The minimum atomic E-state index is 0.0235. The van der Waals surface area contributed by atoms with Crippen LogP contribution in [0, 0.1) is 0 Å². The number of amides is 1. The third kappa shape index (κ3) is 3.58. The van der Waals surface area contributed by atoms with Gasteiger partial charge in [-0.1, -0.05) is 0 Å². The van der Waals surface area contributed by atoms with Gasteiger partial charge in [0.05, 0.1) is 11.1 Å². The van der Waals surface area contributed by atoms with Crippen LogP contribution in [0.4, 0.5) is 5.82 Å². The molecule has 1 aliphatic carbocycles. The van der Waals surface area contributed by atoms with Gasteiger partial charge in [0.1, 0.15) is 5.82 Å². The van der Waals surface area contributed by atoms with Gasteiger partial charge in [0.25, 0.3) is 5.91 Å². The summed E-state index contributed by atoms with van der Waals surface area (Å²) in [7, 11) is 0. The van der Waals surface area contributed by atoms with Crippen molar-refractivity contribution in [3.05, 3.63) is 40.0 Å². The molecule has 0 radical (unpaired) electrons. The molecule has 2 N–H and O–H groups in total. The third-order valence-electron chi connectivity index (χ3n) is 3.50. The highest BCUT2D eigenvalue weighted by molar-refractivity contribution is 7.14. The fraction of sp³-hybridized carbons (Fsp3) is 0.400. The molecule has 3 rings (SSSR count). The predicted molar refractivity (Wildman–Crippen MR) is 83.8 cm³/mol. The number of thiophene rings is 1. The first-order valence-corrected chi connectivity index (χ1v) is 8.04. The van der Waals surface area contributed by atoms with Crippen LogP contribution in [0.5, 0.6) is 0 Å². The van der Waals surface area contributed by atoms with E-state index < -0.39 is 0 Å². The van der Waals surface area contributed by atoms with Crippen molar-refractivity contribution in [2.24, 2.45) is 0 Å². The second-order valence-corrected chi connectivity index (χ2v) is 6.18. The van der Waals surface area contributed by atoms with E-state index in [9.17, 15) is 4.79 Å². The molecule has 2 aromatic rings. The lowest BCUT2D eigenvalue weighted by Gasteiger charge is -2.08. The molecule has 5 nitrogen and oxygen atoms in total. The van der Waals surface area contributed by atoms with Gasteiger partial charge >= 0.3 is 0 Å². The molecule has 0 spiro atoms. The van der Waals surface area contributed by atoms with Crippen molar-refractivity contribution >= 4 is 23.1 Å². The molecule has 0 unspecified atom stereocenters. The maximum Gasteiger partial charge on any atom is 0.261 e. The van der Waals surface area contributed by atoms with Crippen LogP contribution < -0.4 is 10.6 Å². The molecule has 0 saturated heterocycles. The largest absolute Gasteiger partial charge is 0.367 e. The highest BCUT2D eigenvalue weighted by atomic mass is 32.1. The zero-order valence-electron chi connectivity index (χ0n) is 11.8. The number of aryl methyl sites for hydroxylation is 2. The second-order valence-electron chi connectivity index (χ2n) is 5.04. The van der Waals surface area contributed by atoms with Crippen LogP contribution >= 0.6 is 11.3 Å². The Morgan fingerprint density at radius 1 is 1.24 bits per heavy atom. The average molecular weight is 302 g/mol. The quantitative estimate of drug-likeness (QED) is 0.831. The van der Waals surface area contributed by atoms with E-state index >= 15 is 0 Å². The van der Waals surface area contributed by atoms with Gasteiger partial charge in [0, 0.05) is 30.4 Å². The number of nitrogens with one attached hydrogen (secondary N) is 2. The summed E-state index contributed by atoms with van der Waals surface area (Å²) in [5, 5.41) is 6.05. The molecule has 21 heavy (non-hydrogen) atoms. The summed E-state index contributed by atoms with van der Waals surface area (Å²) in [4.78, 5) is 22.4. The molecule has 0 aromatic carbocycles. The van der Waals surface area contributed by atoms with Crippen molar-refractivity contribution in [3.63, 3.8) is 0 Å². The van der Waals surface area contributed by atoms with Gasteiger partial charge < -0.3 is 10.6 Å². The number of hydrogen-bond acceptors (Lipinski definition) is 5. The molecule has 0 atom stereocenters. The molecule has 2 heterocycles. The van der Waals surface area contributed by atoms with E-state index in [2.05, 4.69) is 26.7 Å². The van der Waals surface area contributed by atoms with Gasteiger partial charge in [-0.3, -0.25) is 9.78 Å². The van der Waals surface area contributed by atoms with E-state index in [1.807, 2.05) is 0 Å². The van der Waals surface area contributed by atoms with E-state index in [1.165, 1.54) is 23.3 Å². The number of rotatable bonds is 5. The molecule has 6 heteroatoms. The Morgan fingerprint density at radius 3 is 2.95 bits per heavy atom. The summed E-state index contributed by atoms with van der Waals surface area (Å²) in [6, 6.07) is 2.06. The number of hydrogen-bond donors (Lipinski definition) is 2. The van der Waals surface area contributed by atoms with Gasteiger partial charge in [0.15, 0.2) is 0 Å². The van der Waals surface area contributed by atoms with Crippen LogP contribution in [0.25, 0.3) is 0 Å². The van der Waals surface area contributed by atoms with E-state index in [0.717, 1.165) is 23.5 Å². The van der Waals surface area contributed by atoms with Crippen molar-refractivity contribution in [3.8, 4) is 0 Å². The molecular weight excluding hydrogens is 284 g/mol. The SMILES string of the molecule is O=C(NCCNc1cnccn1)c1cc2c(s1)CCCC2. The lowest BCUT2D eigenvalue weighted by molar-refractivity contribution is 0.0959. The van der Waals surface area contributed by atoms with Crippen LogP contribution in [-0.4, -0.2) is 29.0 Å². The van der Waals surface area contributed by atoms with Crippen molar-refractivity contribution in [1.82, 2.24) is 15.3 Å². The van der Waals surface area contributed by atoms with Crippen molar-refractivity contribution < 1.29 is 4.79 Å². The first kappa shape index (κ1) is 14.0. The molecule has 0 fully saturated rings. The maximum absolute atomic E-state index is 12.1. The molecule has 0 bridgehead atoms. The zero-order valence-corrected chi connectivity index (χ0v) is 12.6. The number of fused-ring (bicyclic) bond motifs is 1. The van der Waals surface area contributed by atoms with Gasteiger partial charge in [0.2, 0.25) is 0 Å². The smallest absolute Gasteiger partial charge is 0.261 e. The Bertz CT molecular complexity index is 588. The number of anilines is 1. The monoisotopic (exact) mass is 302 g/mol. The molecular formula is C15H18N4OS. The Morgan fingerprint density at radius 2 is 2.14 bits per heavy atom. The number of aromatic nitrogens is 2. The van der Waals surface area contributed by atoms with Gasteiger partial charge in [-0.2, -0.15) is 0 Å². The molecule has 2 aromatic heterocycles. The van der Waals surface area contributed by atoms with Crippen LogP contribution in [-0.2, 0) is 12.8 Å². The highest BCUT2D eigenvalue weighted by Gasteiger charge is 2.16. The Kier molecular flexibility index (Phi) is 4.45. The van der Waals surface area contributed by atoms with Crippen molar-refractivity contribution in [2.45, 2.75) is 25.7 Å². The Hall–Kier alpha value is -1.95. The highest BCUT2D eigenvalue weighted by Crippen LogP contribution is 2.29. The summed E-state index contributed by atoms with van der Waals surface area (Å²) in [6.07, 6.45) is 9.66. The lowest BCUT2D eigenvalue weighted by Crippen LogP contribution is -2.28. The summed E-state index contributed by atoms with van der Waals surface area (Å²) >= 11 is 1.64.